The van der Waals surface area contributed by atoms with Crippen molar-refractivity contribution < 1.29 is 9.59 Å². The zero-order chi connectivity index (χ0) is 21.4. The third kappa shape index (κ3) is 7.41. The Hall–Kier alpha value is -1.98. The summed E-state index contributed by atoms with van der Waals surface area (Å²) in [6.45, 7) is 8.71. The van der Waals surface area contributed by atoms with E-state index < -0.39 is 6.04 Å². The van der Waals surface area contributed by atoms with Gasteiger partial charge in [0.1, 0.15) is 6.04 Å². The molecule has 0 aliphatic carbocycles. The molecule has 0 aromatic heterocycles. The fraction of sp³-hybridized carbons (Fsp3) is 0.391. The zero-order valence-electron chi connectivity index (χ0n) is 17.5. The minimum Gasteiger partial charge on any atom is -0.355 e. The molecule has 0 saturated heterocycles. The van der Waals surface area contributed by atoms with Crippen LogP contribution in [0.15, 0.2) is 42.5 Å². The number of rotatable bonds is 9. The Balaban J connectivity index is 2.06. The average Bonchev–Trinajstić information content (AvgIpc) is 2.66. The van der Waals surface area contributed by atoms with Crippen LogP contribution in [0.5, 0.6) is 0 Å². The molecule has 2 rings (SSSR count). The van der Waals surface area contributed by atoms with Crippen LogP contribution in [0, 0.1) is 13.8 Å². The molecule has 2 aromatic rings. The summed E-state index contributed by atoms with van der Waals surface area (Å²) < 4.78 is 0. The Bertz CT molecular complexity index is 819. The molecule has 156 valence electrons. The highest BCUT2D eigenvalue weighted by Gasteiger charge is 2.25. The van der Waals surface area contributed by atoms with Gasteiger partial charge in [-0.05, 0) is 51.0 Å². The molecule has 6 heteroatoms. The molecule has 0 saturated carbocycles. The van der Waals surface area contributed by atoms with Crippen molar-refractivity contribution in [2.24, 2.45) is 0 Å². The molecule has 2 aromatic carbocycles. The molecular formula is C23H29ClN2O2S. The van der Waals surface area contributed by atoms with E-state index in [0.717, 1.165) is 11.3 Å². The Kier molecular flexibility index (Phi) is 9.05. The summed E-state index contributed by atoms with van der Waals surface area (Å²) >= 11 is 7.54. The molecule has 4 nitrogen and oxygen atoms in total. The molecule has 0 bridgehead atoms. The van der Waals surface area contributed by atoms with Gasteiger partial charge >= 0.3 is 0 Å². The first kappa shape index (κ1) is 23.3. The smallest absolute Gasteiger partial charge is 0.242 e. The predicted molar refractivity (Wildman–Crippen MR) is 122 cm³/mol. The first-order chi connectivity index (χ1) is 13.8. The van der Waals surface area contributed by atoms with E-state index in [2.05, 4.69) is 37.4 Å². The molecule has 0 spiro atoms. The van der Waals surface area contributed by atoms with Crippen LogP contribution in [0.1, 0.15) is 36.1 Å². The number of hydrogen-bond donors (Lipinski definition) is 1. The summed E-state index contributed by atoms with van der Waals surface area (Å²) in [7, 11) is 0. The van der Waals surface area contributed by atoms with Crippen molar-refractivity contribution in [2.45, 2.75) is 46.0 Å². The second kappa shape index (κ2) is 11.3. The van der Waals surface area contributed by atoms with E-state index >= 15 is 0 Å². The largest absolute Gasteiger partial charge is 0.355 e. The van der Waals surface area contributed by atoms with E-state index in [0.29, 0.717) is 23.9 Å². The van der Waals surface area contributed by atoms with Crippen molar-refractivity contribution in [3.8, 4) is 0 Å². The molecule has 1 atom stereocenters. The van der Waals surface area contributed by atoms with Crippen LogP contribution in [0.25, 0.3) is 0 Å². The van der Waals surface area contributed by atoms with Gasteiger partial charge < -0.3 is 10.2 Å². The fourth-order valence-electron chi connectivity index (χ4n) is 3.18. The van der Waals surface area contributed by atoms with Gasteiger partial charge in [0, 0.05) is 23.9 Å². The van der Waals surface area contributed by atoms with Crippen molar-refractivity contribution in [3.63, 3.8) is 0 Å². The number of aryl methyl sites for hydroxylation is 2. The number of nitrogens with one attached hydrogen (secondary N) is 1. The summed E-state index contributed by atoms with van der Waals surface area (Å²) in [4.78, 5) is 27.0. The topological polar surface area (TPSA) is 49.4 Å². The fourth-order valence-corrected chi connectivity index (χ4v) is 4.15. The lowest BCUT2D eigenvalue weighted by atomic mass is 10.1. The monoisotopic (exact) mass is 432 g/mol. The van der Waals surface area contributed by atoms with Crippen LogP contribution in [0.4, 0.5) is 0 Å². The Morgan fingerprint density at radius 2 is 1.69 bits per heavy atom. The molecule has 0 aliphatic heterocycles. The highest BCUT2D eigenvalue weighted by Crippen LogP contribution is 2.19. The lowest BCUT2D eigenvalue weighted by Gasteiger charge is -2.28. The Labute approximate surface area is 183 Å². The average molecular weight is 433 g/mol. The van der Waals surface area contributed by atoms with E-state index in [1.165, 1.54) is 16.7 Å². The number of carbonyl (C=O) groups excluding carboxylic acids is 2. The van der Waals surface area contributed by atoms with Gasteiger partial charge in [-0.2, -0.15) is 0 Å². The highest BCUT2D eigenvalue weighted by atomic mass is 35.5. The predicted octanol–water partition coefficient (Wildman–Crippen LogP) is 4.74. The Morgan fingerprint density at radius 1 is 1.07 bits per heavy atom. The molecule has 0 radical (unpaired) electrons. The van der Waals surface area contributed by atoms with Crippen LogP contribution >= 0.6 is 23.4 Å². The van der Waals surface area contributed by atoms with Crippen molar-refractivity contribution >= 4 is 35.2 Å². The maximum atomic E-state index is 13.0. The molecule has 0 fully saturated rings. The lowest BCUT2D eigenvalue weighted by Crippen LogP contribution is -2.48. The van der Waals surface area contributed by atoms with Crippen LogP contribution in [0.3, 0.4) is 0 Å². The van der Waals surface area contributed by atoms with Crippen LogP contribution in [-0.2, 0) is 21.9 Å². The number of halogens is 1. The van der Waals surface area contributed by atoms with Gasteiger partial charge in [-0.1, -0.05) is 53.1 Å². The second-order valence-corrected chi connectivity index (χ2v) is 8.63. The zero-order valence-corrected chi connectivity index (χ0v) is 19.1. The summed E-state index contributed by atoms with van der Waals surface area (Å²) in [5.41, 5.74) is 4.60. The first-order valence-electron chi connectivity index (χ1n) is 9.76. The van der Waals surface area contributed by atoms with Crippen molar-refractivity contribution in [1.82, 2.24) is 10.2 Å². The first-order valence-corrected chi connectivity index (χ1v) is 11.3. The van der Waals surface area contributed by atoms with Crippen molar-refractivity contribution in [3.05, 3.63) is 69.7 Å². The van der Waals surface area contributed by atoms with Crippen LogP contribution in [-0.4, -0.2) is 35.1 Å². The van der Waals surface area contributed by atoms with Gasteiger partial charge in [0.15, 0.2) is 0 Å². The summed E-state index contributed by atoms with van der Waals surface area (Å²) in [6, 6.07) is 13.3. The summed E-state index contributed by atoms with van der Waals surface area (Å²) in [5.74, 6) is 0.894. The molecule has 29 heavy (non-hydrogen) atoms. The minimum absolute atomic E-state index is 0.0481. The van der Waals surface area contributed by atoms with E-state index in [4.69, 9.17) is 11.6 Å². The van der Waals surface area contributed by atoms with E-state index in [1.807, 2.05) is 19.1 Å². The third-order valence-corrected chi connectivity index (χ3v) is 5.80. The maximum absolute atomic E-state index is 13.0. The van der Waals surface area contributed by atoms with Crippen molar-refractivity contribution in [2.75, 3.05) is 12.3 Å². The van der Waals surface area contributed by atoms with E-state index in [-0.39, 0.29) is 11.8 Å². The maximum Gasteiger partial charge on any atom is 0.242 e. The number of carbonyl (C=O) groups is 2. The summed E-state index contributed by atoms with van der Waals surface area (Å²) in [5, 5.41) is 3.45. The molecule has 0 heterocycles. The van der Waals surface area contributed by atoms with Crippen LogP contribution < -0.4 is 5.32 Å². The number of nitrogens with zero attached hydrogens (tertiary/aromatic N) is 1. The van der Waals surface area contributed by atoms with Gasteiger partial charge in [-0.3, -0.25) is 9.59 Å². The molecular weight excluding hydrogens is 404 g/mol. The third-order valence-electron chi connectivity index (χ3n) is 4.56. The quantitative estimate of drug-likeness (QED) is 0.622. The Morgan fingerprint density at radius 3 is 2.28 bits per heavy atom. The van der Waals surface area contributed by atoms with Gasteiger partial charge in [0.05, 0.1) is 5.75 Å². The molecule has 0 unspecified atom stereocenters. The van der Waals surface area contributed by atoms with Gasteiger partial charge in [-0.25, -0.2) is 0 Å². The van der Waals surface area contributed by atoms with Crippen molar-refractivity contribution in [1.29, 1.82) is 0 Å². The van der Waals surface area contributed by atoms with Gasteiger partial charge in [0.2, 0.25) is 11.8 Å². The second-order valence-electron chi connectivity index (χ2n) is 7.21. The van der Waals surface area contributed by atoms with E-state index in [1.54, 1.807) is 35.7 Å². The molecule has 2 amide bonds. The number of hydrogen-bond acceptors (Lipinski definition) is 3. The SMILES string of the molecule is CCNC(=O)[C@H](C)N(Cc1ccc(Cl)cc1)C(=O)CSCc1cc(C)cc(C)c1. The number of benzene rings is 2. The minimum atomic E-state index is -0.542. The lowest BCUT2D eigenvalue weighted by molar-refractivity contribution is -0.138. The number of likely N-dealkylation sites (N-methyl/N-ethyl adjacent to an activating group) is 1. The van der Waals surface area contributed by atoms with Gasteiger partial charge in [-0.15, -0.1) is 11.8 Å². The number of amides is 2. The summed E-state index contributed by atoms with van der Waals surface area (Å²) in [6.07, 6.45) is 0. The molecule has 0 aliphatic rings. The van der Waals surface area contributed by atoms with Crippen LogP contribution in [0.2, 0.25) is 5.02 Å². The number of thioether (sulfide) groups is 1. The van der Waals surface area contributed by atoms with E-state index in [9.17, 15) is 9.59 Å². The normalized spacial score (nSPS) is 11.8. The highest BCUT2D eigenvalue weighted by molar-refractivity contribution is 7.99. The standard InChI is InChI=1S/C23H29ClN2O2S/c1-5-25-23(28)18(4)26(13-19-6-8-21(24)9-7-19)22(27)15-29-14-20-11-16(2)10-17(3)12-20/h6-12,18H,5,13-15H2,1-4H3,(H,25,28)/t18-/m0/s1. The van der Waals surface area contributed by atoms with Gasteiger partial charge in [0.25, 0.3) is 0 Å². The molecule has 1 N–H and O–H groups in total.